The number of benzene rings is 1. The van der Waals surface area contributed by atoms with Gasteiger partial charge >= 0.3 is 5.69 Å². The molecule has 0 fully saturated rings. The molecule has 1 N–H and O–H groups in total. The molecule has 0 aliphatic rings. The van der Waals surface area contributed by atoms with Crippen LogP contribution in [-0.4, -0.2) is 30.6 Å². The van der Waals surface area contributed by atoms with Crippen molar-refractivity contribution in [3.05, 3.63) is 56.0 Å². The molecular formula is C16H14ClN5O3. The molecule has 25 heavy (non-hydrogen) atoms. The Balaban J connectivity index is 2.19. The number of H-pyrrole nitrogens is 1. The van der Waals surface area contributed by atoms with Crippen LogP contribution in [0.15, 0.2) is 34.0 Å². The minimum Gasteiger partial charge on any atom is -0.495 e. The third-order valence-corrected chi connectivity index (χ3v) is 4.42. The van der Waals surface area contributed by atoms with Crippen molar-refractivity contribution in [3.8, 4) is 11.4 Å². The van der Waals surface area contributed by atoms with Crippen molar-refractivity contribution in [2.75, 3.05) is 7.11 Å². The Morgan fingerprint density at radius 2 is 2.04 bits per heavy atom. The van der Waals surface area contributed by atoms with E-state index in [0.717, 1.165) is 5.69 Å². The molecule has 0 aliphatic carbocycles. The maximum absolute atomic E-state index is 12.3. The number of rotatable bonds is 2. The van der Waals surface area contributed by atoms with Crippen LogP contribution < -0.4 is 16.0 Å². The molecule has 0 bridgehead atoms. The fourth-order valence-electron chi connectivity index (χ4n) is 3.01. The molecule has 0 aliphatic heterocycles. The Hall–Kier alpha value is -3.00. The van der Waals surface area contributed by atoms with Gasteiger partial charge in [0.15, 0.2) is 11.2 Å². The molecule has 0 amide bonds. The van der Waals surface area contributed by atoms with Crippen molar-refractivity contribution in [2.45, 2.75) is 6.92 Å². The van der Waals surface area contributed by atoms with E-state index in [0.29, 0.717) is 33.4 Å². The lowest BCUT2D eigenvalue weighted by Gasteiger charge is -2.11. The van der Waals surface area contributed by atoms with Crippen molar-refractivity contribution in [1.82, 2.24) is 23.5 Å². The van der Waals surface area contributed by atoms with Gasteiger partial charge in [-0.3, -0.25) is 23.3 Å². The number of hydrogen-bond donors (Lipinski definition) is 1. The molecular weight excluding hydrogens is 346 g/mol. The van der Waals surface area contributed by atoms with Crippen molar-refractivity contribution in [2.24, 2.45) is 7.05 Å². The molecule has 0 unspecified atom stereocenters. The van der Waals surface area contributed by atoms with Crippen LogP contribution in [0.5, 0.6) is 5.75 Å². The van der Waals surface area contributed by atoms with Gasteiger partial charge in [0.1, 0.15) is 5.75 Å². The van der Waals surface area contributed by atoms with E-state index in [1.807, 2.05) is 11.5 Å². The molecule has 128 valence electrons. The van der Waals surface area contributed by atoms with Gasteiger partial charge in [0.25, 0.3) is 5.56 Å². The van der Waals surface area contributed by atoms with Crippen LogP contribution in [0.25, 0.3) is 22.6 Å². The van der Waals surface area contributed by atoms with E-state index in [1.165, 1.54) is 4.57 Å². The number of aryl methyl sites for hydroxylation is 2. The van der Waals surface area contributed by atoms with E-state index in [2.05, 4.69) is 9.97 Å². The molecule has 0 spiro atoms. The van der Waals surface area contributed by atoms with Crippen molar-refractivity contribution in [3.63, 3.8) is 0 Å². The summed E-state index contributed by atoms with van der Waals surface area (Å²) in [5, 5.41) is 0.545. The minimum absolute atomic E-state index is 0.304. The van der Waals surface area contributed by atoms with Gasteiger partial charge < -0.3 is 4.74 Å². The molecule has 3 aromatic heterocycles. The van der Waals surface area contributed by atoms with Gasteiger partial charge in [-0.25, -0.2) is 4.79 Å². The fourth-order valence-corrected chi connectivity index (χ4v) is 3.17. The second-order valence-electron chi connectivity index (χ2n) is 5.69. The first-order valence-corrected chi connectivity index (χ1v) is 7.83. The summed E-state index contributed by atoms with van der Waals surface area (Å²) in [6, 6.07) is 5.26. The number of nitrogens with one attached hydrogen (secondary N) is 1. The van der Waals surface area contributed by atoms with Crippen LogP contribution in [0.1, 0.15) is 5.69 Å². The smallest absolute Gasteiger partial charge is 0.329 e. The van der Waals surface area contributed by atoms with E-state index in [9.17, 15) is 9.59 Å². The Bertz CT molecular complexity index is 1260. The highest BCUT2D eigenvalue weighted by Gasteiger charge is 2.20. The molecule has 4 aromatic rings. The van der Waals surface area contributed by atoms with Gasteiger partial charge in [0.2, 0.25) is 5.78 Å². The predicted molar refractivity (Wildman–Crippen MR) is 94.2 cm³/mol. The zero-order valence-corrected chi connectivity index (χ0v) is 14.5. The zero-order chi connectivity index (χ0) is 17.9. The molecule has 9 heteroatoms. The zero-order valence-electron chi connectivity index (χ0n) is 13.7. The summed E-state index contributed by atoms with van der Waals surface area (Å²) in [4.78, 5) is 30.9. The van der Waals surface area contributed by atoms with Gasteiger partial charge in [-0.1, -0.05) is 11.6 Å². The van der Waals surface area contributed by atoms with E-state index < -0.39 is 11.2 Å². The predicted octanol–water partition coefficient (Wildman–Crippen LogP) is 1.64. The van der Waals surface area contributed by atoms with E-state index in [-0.39, 0.29) is 0 Å². The summed E-state index contributed by atoms with van der Waals surface area (Å²) in [6.07, 6.45) is 1.78. The second kappa shape index (κ2) is 5.25. The first-order valence-electron chi connectivity index (χ1n) is 7.45. The summed E-state index contributed by atoms with van der Waals surface area (Å²) in [7, 11) is 3.13. The van der Waals surface area contributed by atoms with E-state index in [1.54, 1.807) is 43.0 Å². The third-order valence-electron chi connectivity index (χ3n) is 4.18. The lowest BCUT2D eigenvalue weighted by atomic mass is 10.3. The summed E-state index contributed by atoms with van der Waals surface area (Å²) in [5.41, 5.74) is 1.14. The molecule has 1 aromatic carbocycles. The summed E-state index contributed by atoms with van der Waals surface area (Å²) in [5.74, 6) is 1.10. The third kappa shape index (κ3) is 2.11. The van der Waals surface area contributed by atoms with Crippen LogP contribution in [0, 0.1) is 6.92 Å². The highest BCUT2D eigenvalue weighted by atomic mass is 35.5. The molecule has 0 atom stereocenters. The number of aromatic nitrogens is 5. The largest absolute Gasteiger partial charge is 0.495 e. The Morgan fingerprint density at radius 3 is 2.76 bits per heavy atom. The van der Waals surface area contributed by atoms with Crippen LogP contribution in [0.4, 0.5) is 0 Å². The first kappa shape index (κ1) is 15.5. The number of fused-ring (bicyclic) bond motifs is 3. The Kier molecular flexibility index (Phi) is 3.26. The topological polar surface area (TPSA) is 86.3 Å². The average Bonchev–Trinajstić information content (AvgIpc) is 3.07. The average molecular weight is 360 g/mol. The fraction of sp³-hybridized carbons (Fsp3) is 0.188. The molecule has 4 rings (SSSR count). The first-order chi connectivity index (χ1) is 11.9. The molecule has 8 nitrogen and oxygen atoms in total. The lowest BCUT2D eigenvalue weighted by Crippen LogP contribution is -2.28. The summed E-state index contributed by atoms with van der Waals surface area (Å²) in [6.45, 7) is 1.89. The highest BCUT2D eigenvalue weighted by Crippen LogP contribution is 2.30. The standard InChI is InChI=1S/C16H14ClN5O3/c1-8-7-21-12-13(20(2)16(24)19-14(12)23)18-15(21)22(8)10-6-9(17)4-5-11(10)25-3/h4-7H,1-3H3,(H,19,23,24). The monoisotopic (exact) mass is 359 g/mol. The summed E-state index contributed by atoms with van der Waals surface area (Å²) >= 11 is 6.15. The normalized spacial score (nSPS) is 11.5. The Morgan fingerprint density at radius 1 is 1.28 bits per heavy atom. The molecule has 0 radical (unpaired) electrons. The number of aromatic amines is 1. The van der Waals surface area contributed by atoms with Gasteiger partial charge in [0, 0.05) is 24.0 Å². The van der Waals surface area contributed by atoms with Gasteiger partial charge in [0.05, 0.1) is 12.8 Å². The summed E-state index contributed by atoms with van der Waals surface area (Å²) < 4.78 is 10.2. The van der Waals surface area contributed by atoms with Crippen LogP contribution >= 0.6 is 11.6 Å². The lowest BCUT2D eigenvalue weighted by molar-refractivity contribution is 0.413. The van der Waals surface area contributed by atoms with Crippen molar-refractivity contribution >= 4 is 28.5 Å². The maximum atomic E-state index is 12.3. The number of hydrogen-bond acceptors (Lipinski definition) is 4. The molecule has 0 saturated heterocycles. The SMILES string of the molecule is COc1ccc(Cl)cc1-n1c(C)cn2c3c(=O)[nH]c(=O)n(C)c3nc12. The van der Waals surface area contributed by atoms with Crippen LogP contribution in [-0.2, 0) is 7.05 Å². The van der Waals surface area contributed by atoms with Crippen molar-refractivity contribution in [1.29, 1.82) is 0 Å². The number of ether oxygens (including phenoxy) is 1. The Labute approximate surface area is 145 Å². The van der Waals surface area contributed by atoms with Crippen LogP contribution in [0.3, 0.4) is 0 Å². The van der Waals surface area contributed by atoms with E-state index in [4.69, 9.17) is 16.3 Å². The number of methoxy groups -OCH3 is 1. The maximum Gasteiger partial charge on any atom is 0.329 e. The van der Waals surface area contributed by atoms with Crippen LogP contribution in [0.2, 0.25) is 5.02 Å². The highest BCUT2D eigenvalue weighted by molar-refractivity contribution is 6.30. The molecule has 0 saturated carbocycles. The number of nitrogens with zero attached hydrogens (tertiary/aromatic N) is 4. The van der Waals surface area contributed by atoms with Crippen molar-refractivity contribution < 1.29 is 4.74 Å². The quantitative estimate of drug-likeness (QED) is 0.589. The number of halogens is 1. The second-order valence-corrected chi connectivity index (χ2v) is 6.13. The van der Waals surface area contributed by atoms with Gasteiger partial charge in [-0.05, 0) is 25.1 Å². The minimum atomic E-state index is -0.512. The number of imidazole rings is 2. The molecule has 3 heterocycles. The van der Waals surface area contributed by atoms with E-state index >= 15 is 0 Å². The van der Waals surface area contributed by atoms with Gasteiger partial charge in [-0.2, -0.15) is 4.98 Å². The van der Waals surface area contributed by atoms with Gasteiger partial charge in [-0.15, -0.1) is 0 Å².